The number of methoxy groups -OCH3 is 1. The number of hydrogen-bond acceptors (Lipinski definition) is 4. The van der Waals surface area contributed by atoms with E-state index >= 15 is 0 Å². The molecule has 0 atom stereocenters. The van der Waals surface area contributed by atoms with Crippen molar-refractivity contribution < 1.29 is 9.53 Å². The summed E-state index contributed by atoms with van der Waals surface area (Å²) in [6.07, 6.45) is 3.51. The van der Waals surface area contributed by atoms with E-state index in [-0.39, 0.29) is 12.5 Å². The summed E-state index contributed by atoms with van der Waals surface area (Å²) in [7, 11) is 1.63. The highest BCUT2D eigenvalue weighted by Crippen LogP contribution is 2.24. The molecule has 5 nitrogen and oxygen atoms in total. The lowest BCUT2D eigenvalue weighted by molar-refractivity contribution is -0.115. The molecule has 0 spiro atoms. The van der Waals surface area contributed by atoms with Gasteiger partial charge in [0.25, 0.3) is 0 Å². The van der Waals surface area contributed by atoms with E-state index in [0.29, 0.717) is 13.2 Å². The van der Waals surface area contributed by atoms with Crippen molar-refractivity contribution in [3.63, 3.8) is 0 Å². The minimum absolute atomic E-state index is 0.0638. The number of carbonyl (C=O) groups is 1. The predicted octanol–water partition coefficient (Wildman–Crippen LogP) is 2.23. The van der Waals surface area contributed by atoms with Crippen molar-refractivity contribution in [2.75, 3.05) is 32.1 Å². The first kappa shape index (κ1) is 16.1. The van der Waals surface area contributed by atoms with Crippen LogP contribution in [-0.2, 0) is 9.53 Å². The SMILES string of the molecule is COCCNCC(=O)Nc1cc(-c2ccncc2)ccc1C. The number of nitrogens with zero attached hydrogens (tertiary/aromatic N) is 1. The van der Waals surface area contributed by atoms with Crippen LogP contribution in [-0.4, -0.2) is 37.7 Å². The fourth-order valence-corrected chi connectivity index (χ4v) is 2.05. The van der Waals surface area contributed by atoms with Gasteiger partial charge in [0.05, 0.1) is 13.2 Å². The number of amides is 1. The van der Waals surface area contributed by atoms with Gasteiger partial charge in [-0.15, -0.1) is 0 Å². The van der Waals surface area contributed by atoms with Crippen LogP contribution >= 0.6 is 0 Å². The maximum atomic E-state index is 12.0. The van der Waals surface area contributed by atoms with Gasteiger partial charge >= 0.3 is 0 Å². The molecule has 1 amide bonds. The molecule has 0 aliphatic rings. The molecule has 2 aromatic rings. The van der Waals surface area contributed by atoms with Crippen molar-refractivity contribution in [3.05, 3.63) is 48.3 Å². The van der Waals surface area contributed by atoms with Gasteiger partial charge in [-0.1, -0.05) is 12.1 Å². The zero-order valence-corrected chi connectivity index (χ0v) is 12.9. The molecule has 1 aromatic heterocycles. The largest absolute Gasteiger partial charge is 0.383 e. The lowest BCUT2D eigenvalue weighted by atomic mass is 10.0. The smallest absolute Gasteiger partial charge is 0.238 e. The van der Waals surface area contributed by atoms with Crippen molar-refractivity contribution in [2.45, 2.75) is 6.92 Å². The second-order valence-corrected chi connectivity index (χ2v) is 4.98. The molecule has 0 aliphatic heterocycles. The number of pyridine rings is 1. The fourth-order valence-electron chi connectivity index (χ4n) is 2.05. The van der Waals surface area contributed by atoms with Crippen molar-refractivity contribution in [2.24, 2.45) is 0 Å². The number of hydrogen-bond donors (Lipinski definition) is 2. The first-order valence-corrected chi connectivity index (χ1v) is 7.21. The first-order chi connectivity index (χ1) is 10.7. The first-order valence-electron chi connectivity index (χ1n) is 7.21. The molecule has 0 bridgehead atoms. The maximum absolute atomic E-state index is 12.0. The van der Waals surface area contributed by atoms with Crippen LogP contribution in [0.1, 0.15) is 5.56 Å². The fraction of sp³-hybridized carbons (Fsp3) is 0.294. The molecule has 0 aliphatic carbocycles. The normalized spacial score (nSPS) is 10.5. The van der Waals surface area contributed by atoms with Crippen LogP contribution in [0.5, 0.6) is 0 Å². The molecule has 1 aromatic carbocycles. The van der Waals surface area contributed by atoms with Crippen LogP contribution < -0.4 is 10.6 Å². The zero-order chi connectivity index (χ0) is 15.8. The average molecular weight is 299 g/mol. The summed E-state index contributed by atoms with van der Waals surface area (Å²) >= 11 is 0. The standard InChI is InChI=1S/C17H21N3O2/c1-13-3-4-15(14-5-7-18-8-6-14)11-16(13)20-17(21)12-19-9-10-22-2/h3-8,11,19H,9-10,12H2,1-2H3,(H,20,21). The van der Waals surface area contributed by atoms with E-state index < -0.39 is 0 Å². The van der Waals surface area contributed by atoms with Crippen molar-refractivity contribution in [1.29, 1.82) is 0 Å². The average Bonchev–Trinajstić information content (AvgIpc) is 2.54. The number of nitrogens with one attached hydrogen (secondary N) is 2. The quantitative estimate of drug-likeness (QED) is 0.770. The van der Waals surface area contributed by atoms with Crippen molar-refractivity contribution >= 4 is 11.6 Å². The maximum Gasteiger partial charge on any atom is 0.238 e. The van der Waals surface area contributed by atoms with Crippen LogP contribution in [0.2, 0.25) is 0 Å². The summed E-state index contributed by atoms with van der Waals surface area (Å²) in [6, 6.07) is 9.92. The van der Waals surface area contributed by atoms with Gasteiger partial charge in [-0.2, -0.15) is 0 Å². The van der Waals surface area contributed by atoms with E-state index in [2.05, 4.69) is 15.6 Å². The van der Waals surface area contributed by atoms with Crippen LogP contribution in [0, 0.1) is 6.92 Å². The Morgan fingerprint density at radius 2 is 1.95 bits per heavy atom. The topological polar surface area (TPSA) is 63.2 Å². The predicted molar refractivity (Wildman–Crippen MR) is 87.8 cm³/mol. The minimum atomic E-state index is -0.0638. The highest BCUT2D eigenvalue weighted by Gasteiger charge is 2.06. The minimum Gasteiger partial charge on any atom is -0.383 e. The second-order valence-electron chi connectivity index (χ2n) is 4.98. The van der Waals surface area contributed by atoms with E-state index in [0.717, 1.165) is 22.4 Å². The van der Waals surface area contributed by atoms with Gasteiger partial charge in [0.2, 0.25) is 5.91 Å². The summed E-state index contributed by atoms with van der Waals surface area (Å²) in [5.41, 5.74) is 3.98. The summed E-state index contributed by atoms with van der Waals surface area (Å²) in [6.45, 7) is 3.48. The van der Waals surface area contributed by atoms with Crippen molar-refractivity contribution in [1.82, 2.24) is 10.3 Å². The van der Waals surface area contributed by atoms with Gasteiger partial charge < -0.3 is 15.4 Å². The zero-order valence-electron chi connectivity index (χ0n) is 12.9. The lowest BCUT2D eigenvalue weighted by Gasteiger charge is -2.11. The Hall–Kier alpha value is -2.24. The van der Waals surface area contributed by atoms with Gasteiger partial charge in [-0.25, -0.2) is 0 Å². The number of aromatic nitrogens is 1. The molecule has 2 N–H and O–H groups in total. The number of carbonyl (C=O) groups excluding carboxylic acids is 1. The monoisotopic (exact) mass is 299 g/mol. The Bertz CT molecular complexity index is 615. The molecule has 116 valence electrons. The highest BCUT2D eigenvalue weighted by atomic mass is 16.5. The van der Waals surface area contributed by atoms with Crippen LogP contribution in [0.3, 0.4) is 0 Å². The van der Waals surface area contributed by atoms with E-state index in [1.54, 1.807) is 19.5 Å². The van der Waals surface area contributed by atoms with Crippen molar-refractivity contribution in [3.8, 4) is 11.1 Å². The highest BCUT2D eigenvalue weighted by molar-refractivity contribution is 5.93. The second kappa shape index (κ2) is 8.26. The summed E-state index contributed by atoms with van der Waals surface area (Å²) in [5.74, 6) is -0.0638. The Morgan fingerprint density at radius 3 is 2.68 bits per heavy atom. The molecule has 0 fully saturated rings. The molecule has 22 heavy (non-hydrogen) atoms. The van der Waals surface area contributed by atoms with E-state index in [1.807, 2.05) is 37.3 Å². The molecule has 0 saturated carbocycles. The van der Waals surface area contributed by atoms with E-state index in [4.69, 9.17) is 4.74 Å². The molecule has 0 saturated heterocycles. The van der Waals surface area contributed by atoms with E-state index in [9.17, 15) is 4.79 Å². The Kier molecular flexibility index (Phi) is 6.06. The Balaban J connectivity index is 2.03. The number of benzene rings is 1. The molecule has 0 unspecified atom stereocenters. The van der Waals surface area contributed by atoms with E-state index in [1.165, 1.54) is 0 Å². The Labute approximate surface area is 130 Å². The lowest BCUT2D eigenvalue weighted by Crippen LogP contribution is -2.30. The van der Waals surface area contributed by atoms with Crippen LogP contribution in [0.15, 0.2) is 42.7 Å². The molecule has 1 heterocycles. The van der Waals surface area contributed by atoms with Gasteiger partial charge in [-0.3, -0.25) is 9.78 Å². The summed E-state index contributed by atoms with van der Waals surface area (Å²) in [4.78, 5) is 16.0. The number of ether oxygens (including phenoxy) is 1. The van der Waals surface area contributed by atoms with Gasteiger partial charge in [-0.05, 0) is 41.8 Å². The third-order valence-electron chi connectivity index (χ3n) is 3.29. The number of anilines is 1. The molecular formula is C17H21N3O2. The molecular weight excluding hydrogens is 278 g/mol. The molecule has 0 radical (unpaired) electrons. The number of aryl methyl sites for hydroxylation is 1. The number of rotatable bonds is 7. The molecule has 2 rings (SSSR count). The van der Waals surface area contributed by atoms with Gasteiger partial charge in [0, 0.05) is 31.7 Å². The molecule has 5 heteroatoms. The van der Waals surface area contributed by atoms with Crippen LogP contribution in [0.4, 0.5) is 5.69 Å². The van der Waals surface area contributed by atoms with Gasteiger partial charge in [0.1, 0.15) is 0 Å². The van der Waals surface area contributed by atoms with Crippen LogP contribution in [0.25, 0.3) is 11.1 Å². The Morgan fingerprint density at radius 1 is 1.18 bits per heavy atom. The third kappa shape index (κ3) is 4.65. The summed E-state index contributed by atoms with van der Waals surface area (Å²) < 4.78 is 4.93. The summed E-state index contributed by atoms with van der Waals surface area (Å²) in [5, 5.41) is 5.97. The van der Waals surface area contributed by atoms with Gasteiger partial charge in [0.15, 0.2) is 0 Å². The third-order valence-corrected chi connectivity index (χ3v) is 3.29.